The van der Waals surface area contributed by atoms with Gasteiger partial charge in [0, 0.05) is 18.2 Å². The third kappa shape index (κ3) is 7.28. The number of methoxy groups -OCH3 is 1. The lowest BCUT2D eigenvalue weighted by molar-refractivity contribution is -0.142. The minimum absolute atomic E-state index is 0.0407. The van der Waals surface area contributed by atoms with Gasteiger partial charge in [0.25, 0.3) is 0 Å². The molecule has 0 bridgehead atoms. The highest BCUT2D eigenvalue weighted by Crippen LogP contribution is 2.05. The molecule has 0 aliphatic heterocycles. The largest absolute Gasteiger partial charge is 0.469 e. The van der Waals surface area contributed by atoms with Crippen LogP contribution in [-0.4, -0.2) is 36.4 Å². The first kappa shape index (κ1) is 15.0. The van der Waals surface area contributed by atoms with E-state index in [1.807, 2.05) is 0 Å². The zero-order valence-corrected chi connectivity index (χ0v) is 10.6. The molecule has 0 aromatic carbocycles. The molecule has 0 heterocycles. The van der Waals surface area contributed by atoms with Crippen molar-refractivity contribution in [3.63, 3.8) is 0 Å². The molecule has 0 saturated heterocycles. The van der Waals surface area contributed by atoms with Gasteiger partial charge in [0.2, 0.25) is 5.91 Å². The Morgan fingerprint density at radius 2 is 1.94 bits per heavy atom. The van der Waals surface area contributed by atoms with E-state index >= 15 is 0 Å². The number of amides is 1. The van der Waals surface area contributed by atoms with Crippen molar-refractivity contribution in [1.82, 2.24) is 5.32 Å². The standard InChI is InChI=1S/C10H17NO4S/c1-7(2)10(14)11-4-5-16-9(13)6-8(12)15-3/h7H,4-6H2,1-3H3,(H,11,14). The molecule has 0 rings (SSSR count). The highest BCUT2D eigenvalue weighted by Gasteiger charge is 2.10. The summed E-state index contributed by atoms with van der Waals surface area (Å²) in [7, 11) is 1.24. The average Bonchev–Trinajstić information content (AvgIpc) is 2.23. The number of esters is 1. The Kier molecular flexibility index (Phi) is 7.62. The van der Waals surface area contributed by atoms with Gasteiger partial charge < -0.3 is 10.1 Å². The molecule has 0 aromatic heterocycles. The second kappa shape index (κ2) is 8.15. The van der Waals surface area contributed by atoms with Gasteiger partial charge in [0.15, 0.2) is 5.12 Å². The van der Waals surface area contributed by atoms with Gasteiger partial charge in [-0.3, -0.25) is 14.4 Å². The second-order valence-corrected chi connectivity index (χ2v) is 4.57. The minimum Gasteiger partial charge on any atom is -0.469 e. The van der Waals surface area contributed by atoms with Crippen LogP contribution in [0, 0.1) is 5.92 Å². The molecule has 0 aromatic rings. The number of ether oxygens (including phenoxy) is 1. The summed E-state index contributed by atoms with van der Waals surface area (Å²) >= 11 is 1.02. The fraction of sp³-hybridized carbons (Fsp3) is 0.700. The Morgan fingerprint density at radius 1 is 1.31 bits per heavy atom. The third-order valence-electron chi connectivity index (χ3n) is 1.71. The van der Waals surface area contributed by atoms with Gasteiger partial charge in [-0.05, 0) is 0 Å². The van der Waals surface area contributed by atoms with E-state index in [9.17, 15) is 14.4 Å². The molecule has 0 saturated carbocycles. The lowest BCUT2D eigenvalue weighted by atomic mass is 10.2. The summed E-state index contributed by atoms with van der Waals surface area (Å²) in [6, 6.07) is 0. The van der Waals surface area contributed by atoms with E-state index in [1.165, 1.54) is 7.11 Å². The Morgan fingerprint density at radius 3 is 2.44 bits per heavy atom. The van der Waals surface area contributed by atoms with Crippen LogP contribution in [0.2, 0.25) is 0 Å². The van der Waals surface area contributed by atoms with Crippen molar-refractivity contribution < 1.29 is 19.1 Å². The molecule has 1 amide bonds. The fourth-order valence-corrected chi connectivity index (χ4v) is 1.44. The van der Waals surface area contributed by atoms with Gasteiger partial charge in [-0.2, -0.15) is 0 Å². The summed E-state index contributed by atoms with van der Waals surface area (Å²) in [6.45, 7) is 4.02. The molecule has 92 valence electrons. The molecule has 0 fully saturated rings. The molecule has 5 nitrogen and oxygen atoms in total. The first-order valence-electron chi connectivity index (χ1n) is 4.97. The Hall–Kier alpha value is -1.04. The molecule has 0 aliphatic carbocycles. The van der Waals surface area contributed by atoms with E-state index in [1.54, 1.807) is 13.8 Å². The summed E-state index contributed by atoms with van der Waals surface area (Å²) in [5.74, 6) is -0.172. The first-order chi connectivity index (χ1) is 7.47. The molecular formula is C10H17NO4S. The highest BCUT2D eigenvalue weighted by atomic mass is 32.2. The topological polar surface area (TPSA) is 72.5 Å². The van der Waals surface area contributed by atoms with Crippen LogP contribution in [0.3, 0.4) is 0 Å². The van der Waals surface area contributed by atoms with Crippen LogP contribution in [0.4, 0.5) is 0 Å². The molecule has 1 N–H and O–H groups in total. The van der Waals surface area contributed by atoms with E-state index in [0.717, 1.165) is 11.8 Å². The number of hydrogen-bond donors (Lipinski definition) is 1. The number of hydrogen-bond acceptors (Lipinski definition) is 5. The van der Waals surface area contributed by atoms with E-state index in [4.69, 9.17) is 0 Å². The summed E-state index contributed by atoms with van der Waals surface area (Å²) in [5, 5.41) is 2.43. The molecule has 6 heteroatoms. The predicted molar refractivity (Wildman–Crippen MR) is 61.9 cm³/mol. The van der Waals surface area contributed by atoms with Crippen molar-refractivity contribution >= 4 is 28.8 Å². The maximum atomic E-state index is 11.1. The monoisotopic (exact) mass is 247 g/mol. The molecule has 0 aliphatic rings. The van der Waals surface area contributed by atoms with Crippen molar-refractivity contribution in [3.8, 4) is 0 Å². The Balaban J connectivity index is 3.56. The summed E-state index contributed by atoms with van der Waals surface area (Å²) < 4.78 is 4.35. The van der Waals surface area contributed by atoms with E-state index < -0.39 is 5.97 Å². The molecule has 16 heavy (non-hydrogen) atoms. The van der Waals surface area contributed by atoms with Crippen molar-refractivity contribution in [3.05, 3.63) is 0 Å². The van der Waals surface area contributed by atoms with Gasteiger partial charge >= 0.3 is 5.97 Å². The minimum atomic E-state index is -0.538. The fourth-order valence-electron chi connectivity index (χ4n) is 0.784. The van der Waals surface area contributed by atoms with Crippen LogP contribution in [0.25, 0.3) is 0 Å². The van der Waals surface area contributed by atoms with Crippen molar-refractivity contribution in [2.45, 2.75) is 20.3 Å². The second-order valence-electron chi connectivity index (χ2n) is 3.42. The van der Waals surface area contributed by atoms with Crippen LogP contribution in [0.5, 0.6) is 0 Å². The van der Waals surface area contributed by atoms with Crippen LogP contribution >= 0.6 is 11.8 Å². The lowest BCUT2D eigenvalue weighted by Crippen LogP contribution is -2.29. The average molecular weight is 247 g/mol. The van der Waals surface area contributed by atoms with Crippen molar-refractivity contribution in [1.29, 1.82) is 0 Å². The van der Waals surface area contributed by atoms with Crippen LogP contribution in [0.1, 0.15) is 20.3 Å². The van der Waals surface area contributed by atoms with Gasteiger partial charge in [-0.15, -0.1) is 0 Å². The number of thioether (sulfide) groups is 1. The van der Waals surface area contributed by atoms with Crippen LogP contribution in [0.15, 0.2) is 0 Å². The number of rotatable bonds is 6. The molecule has 0 spiro atoms. The highest BCUT2D eigenvalue weighted by molar-refractivity contribution is 8.13. The first-order valence-corrected chi connectivity index (χ1v) is 5.96. The maximum Gasteiger partial charge on any atom is 0.313 e. The number of nitrogens with one attached hydrogen (secondary N) is 1. The van der Waals surface area contributed by atoms with Crippen LogP contribution in [-0.2, 0) is 19.1 Å². The van der Waals surface area contributed by atoms with E-state index in [-0.39, 0.29) is 23.4 Å². The van der Waals surface area contributed by atoms with E-state index in [2.05, 4.69) is 10.1 Å². The maximum absolute atomic E-state index is 11.1. The normalized spacial score (nSPS) is 10.0. The zero-order chi connectivity index (χ0) is 12.6. The number of carbonyl (C=O) groups excluding carboxylic acids is 3. The van der Waals surface area contributed by atoms with Gasteiger partial charge in [-0.1, -0.05) is 25.6 Å². The summed E-state index contributed by atoms with van der Waals surface area (Å²) in [6.07, 6.45) is -0.223. The van der Waals surface area contributed by atoms with Gasteiger partial charge in [-0.25, -0.2) is 0 Å². The van der Waals surface area contributed by atoms with E-state index in [0.29, 0.717) is 12.3 Å². The number of carbonyl (C=O) groups is 3. The lowest BCUT2D eigenvalue weighted by Gasteiger charge is -2.06. The molecular weight excluding hydrogens is 230 g/mol. The summed E-state index contributed by atoms with van der Waals surface area (Å²) in [4.78, 5) is 33.0. The molecule has 0 atom stereocenters. The molecule has 0 radical (unpaired) electrons. The molecule has 0 unspecified atom stereocenters. The quantitative estimate of drug-likeness (QED) is 0.422. The van der Waals surface area contributed by atoms with Crippen molar-refractivity contribution in [2.24, 2.45) is 5.92 Å². The smallest absolute Gasteiger partial charge is 0.313 e. The zero-order valence-electron chi connectivity index (χ0n) is 9.74. The Bertz CT molecular complexity index is 266. The predicted octanol–water partition coefficient (Wildman–Crippen LogP) is 0.581. The Labute approximate surface area is 99.3 Å². The third-order valence-corrected chi connectivity index (χ3v) is 2.58. The van der Waals surface area contributed by atoms with Gasteiger partial charge in [0.1, 0.15) is 6.42 Å². The van der Waals surface area contributed by atoms with Crippen molar-refractivity contribution in [2.75, 3.05) is 19.4 Å². The van der Waals surface area contributed by atoms with Crippen LogP contribution < -0.4 is 5.32 Å². The SMILES string of the molecule is COC(=O)CC(=O)SCCNC(=O)C(C)C. The summed E-state index contributed by atoms with van der Waals surface area (Å²) in [5.41, 5.74) is 0. The van der Waals surface area contributed by atoms with Gasteiger partial charge in [0.05, 0.1) is 7.11 Å².